The first-order valence-corrected chi connectivity index (χ1v) is 10.5. The van der Waals surface area contributed by atoms with E-state index in [1.165, 1.54) is 19.2 Å². The van der Waals surface area contributed by atoms with Crippen LogP contribution in [-0.2, 0) is 15.0 Å². The summed E-state index contributed by atoms with van der Waals surface area (Å²) >= 11 is 0. The van der Waals surface area contributed by atoms with Gasteiger partial charge in [-0.3, -0.25) is 19.4 Å². The molecule has 174 valence electrons. The molecule has 3 aromatic rings. The lowest BCUT2D eigenvalue weighted by molar-refractivity contribution is -0.123. The molecule has 2 unspecified atom stereocenters. The number of pyridine rings is 1. The molecule has 1 fully saturated rings. The van der Waals surface area contributed by atoms with Crippen LogP contribution in [0.1, 0.15) is 33.9 Å². The quantitative estimate of drug-likeness (QED) is 0.512. The molecule has 1 saturated heterocycles. The van der Waals surface area contributed by atoms with Gasteiger partial charge in [0.25, 0.3) is 12.4 Å². The molecule has 5 rings (SSSR count). The summed E-state index contributed by atoms with van der Waals surface area (Å²) in [6, 6.07) is 15.4. The zero-order valence-electron chi connectivity index (χ0n) is 18.3. The van der Waals surface area contributed by atoms with Crippen LogP contribution in [0, 0.1) is 0 Å². The van der Waals surface area contributed by atoms with E-state index in [1.54, 1.807) is 23.4 Å². The zero-order valence-corrected chi connectivity index (χ0v) is 18.3. The highest BCUT2D eigenvalue weighted by Crippen LogP contribution is 2.54. The molecule has 1 aromatic heterocycles. The number of para-hydroxylation sites is 1. The molecular weight excluding hydrogens is 438 g/mol. The number of nitrogens with zero attached hydrogens (tertiary/aromatic N) is 2. The van der Waals surface area contributed by atoms with Gasteiger partial charge in [-0.1, -0.05) is 24.3 Å². The van der Waals surface area contributed by atoms with Crippen molar-refractivity contribution in [1.82, 2.24) is 9.88 Å². The Labute approximate surface area is 195 Å². The van der Waals surface area contributed by atoms with E-state index in [4.69, 9.17) is 14.6 Å². The first-order chi connectivity index (χ1) is 16.5. The Kier molecular flexibility index (Phi) is 6.18. The van der Waals surface area contributed by atoms with Gasteiger partial charge in [-0.25, -0.2) is 0 Å². The fourth-order valence-corrected chi connectivity index (χ4v) is 4.88. The summed E-state index contributed by atoms with van der Waals surface area (Å²) in [5, 5.41) is 19.8. The van der Waals surface area contributed by atoms with Gasteiger partial charge < -0.3 is 25.2 Å². The number of hydrogen-bond donors (Lipinski definition) is 3. The van der Waals surface area contributed by atoms with Crippen molar-refractivity contribution in [1.29, 1.82) is 0 Å². The second kappa shape index (κ2) is 9.22. The van der Waals surface area contributed by atoms with Gasteiger partial charge in [-0.05, 0) is 47.9 Å². The van der Waals surface area contributed by atoms with Gasteiger partial charge in [0.1, 0.15) is 5.41 Å². The van der Waals surface area contributed by atoms with Crippen molar-refractivity contribution in [3.63, 3.8) is 0 Å². The zero-order chi connectivity index (χ0) is 24.3. The van der Waals surface area contributed by atoms with Gasteiger partial charge in [0.15, 0.2) is 11.5 Å². The van der Waals surface area contributed by atoms with Gasteiger partial charge >= 0.3 is 0 Å². The molecule has 3 N–H and O–H groups in total. The normalized spacial score (nSPS) is 20.2. The second-order valence-corrected chi connectivity index (χ2v) is 7.90. The van der Waals surface area contributed by atoms with Crippen LogP contribution in [0.25, 0.3) is 0 Å². The second-order valence-electron chi connectivity index (χ2n) is 7.90. The van der Waals surface area contributed by atoms with E-state index in [-0.39, 0.29) is 29.8 Å². The molecule has 2 atom stereocenters. The number of anilines is 1. The number of aromatic nitrogens is 1. The molecule has 2 amide bonds. The van der Waals surface area contributed by atoms with E-state index in [2.05, 4.69) is 10.3 Å². The SMILES string of the molecule is COc1cc(C(=O)N2CCC3(C(=O)Nc4ccccc43)C2c2cccnc2)ccc1O.O=CO. The average Bonchev–Trinajstić information content (AvgIpc) is 3.39. The number of ether oxygens (including phenoxy) is 1. The number of phenolic OH excluding ortho intramolecular Hbond substituents is 1. The van der Waals surface area contributed by atoms with Crippen molar-refractivity contribution in [3.05, 3.63) is 83.7 Å². The third-order valence-electron chi connectivity index (χ3n) is 6.27. The predicted molar refractivity (Wildman–Crippen MR) is 123 cm³/mol. The summed E-state index contributed by atoms with van der Waals surface area (Å²) in [6.45, 7) is 0.156. The number of amides is 2. The molecule has 9 heteroatoms. The largest absolute Gasteiger partial charge is 0.504 e. The minimum absolute atomic E-state index is 0.0372. The minimum Gasteiger partial charge on any atom is -0.504 e. The number of phenols is 1. The molecular formula is C25H23N3O6. The van der Waals surface area contributed by atoms with Crippen LogP contribution in [-0.4, -0.2) is 52.0 Å². The standard InChI is InChI=1S/C24H21N3O4.CH2O2/c1-31-20-13-15(8-9-19(20)28)22(29)27-12-10-24(21(27)16-5-4-11-25-14-16)17-6-2-3-7-18(17)26-23(24)30;2-1-3/h2-9,11,13-14,21,28H,10,12H2,1H3,(H,26,30);1H,(H,2,3). The van der Waals surface area contributed by atoms with Crippen molar-refractivity contribution in [3.8, 4) is 11.5 Å². The van der Waals surface area contributed by atoms with Crippen LogP contribution >= 0.6 is 0 Å². The Morgan fingerprint density at radius 1 is 1.24 bits per heavy atom. The van der Waals surface area contributed by atoms with Crippen molar-refractivity contribution in [2.24, 2.45) is 0 Å². The van der Waals surface area contributed by atoms with Crippen LogP contribution in [0.3, 0.4) is 0 Å². The summed E-state index contributed by atoms with van der Waals surface area (Å²) in [6.07, 6.45) is 3.88. The van der Waals surface area contributed by atoms with E-state index in [0.717, 1.165) is 16.8 Å². The number of hydrogen-bond acceptors (Lipinski definition) is 6. The minimum atomic E-state index is -0.893. The summed E-state index contributed by atoms with van der Waals surface area (Å²) in [5.74, 6) is -0.158. The molecule has 0 aliphatic carbocycles. The highest BCUT2D eigenvalue weighted by atomic mass is 16.5. The first-order valence-electron chi connectivity index (χ1n) is 10.5. The number of nitrogens with one attached hydrogen (secondary N) is 1. The van der Waals surface area contributed by atoms with Crippen molar-refractivity contribution in [2.75, 3.05) is 19.0 Å². The Bertz CT molecular complexity index is 1230. The lowest BCUT2D eigenvalue weighted by Gasteiger charge is -2.34. The summed E-state index contributed by atoms with van der Waals surface area (Å²) in [7, 11) is 1.44. The molecule has 0 radical (unpaired) electrons. The van der Waals surface area contributed by atoms with E-state index >= 15 is 0 Å². The number of carbonyl (C=O) groups excluding carboxylic acids is 2. The van der Waals surface area contributed by atoms with Crippen LogP contribution in [0.2, 0.25) is 0 Å². The Hall–Kier alpha value is -4.40. The number of fused-ring (bicyclic) bond motifs is 2. The van der Waals surface area contributed by atoms with Gasteiger partial charge in [-0.15, -0.1) is 0 Å². The van der Waals surface area contributed by atoms with E-state index in [1.807, 2.05) is 36.4 Å². The van der Waals surface area contributed by atoms with E-state index < -0.39 is 11.5 Å². The lowest BCUT2D eigenvalue weighted by Crippen LogP contribution is -2.42. The summed E-state index contributed by atoms with van der Waals surface area (Å²) < 4.78 is 5.17. The molecule has 2 aliphatic heterocycles. The summed E-state index contributed by atoms with van der Waals surface area (Å²) in [4.78, 5) is 41.3. The number of carbonyl (C=O) groups is 3. The molecule has 2 aliphatic rings. The highest BCUT2D eigenvalue weighted by Gasteiger charge is 2.59. The number of aromatic hydroxyl groups is 1. The molecule has 34 heavy (non-hydrogen) atoms. The van der Waals surface area contributed by atoms with E-state index in [9.17, 15) is 14.7 Å². The maximum absolute atomic E-state index is 13.6. The smallest absolute Gasteiger partial charge is 0.290 e. The van der Waals surface area contributed by atoms with Crippen LogP contribution < -0.4 is 10.1 Å². The highest BCUT2D eigenvalue weighted by molar-refractivity contribution is 6.08. The number of carboxylic acid groups (broad SMARTS) is 1. The Morgan fingerprint density at radius 3 is 2.71 bits per heavy atom. The molecule has 1 spiro atoms. The van der Waals surface area contributed by atoms with Crippen LogP contribution in [0.4, 0.5) is 5.69 Å². The molecule has 0 saturated carbocycles. The topological polar surface area (TPSA) is 129 Å². The van der Waals surface area contributed by atoms with Crippen molar-refractivity contribution < 1.29 is 29.3 Å². The van der Waals surface area contributed by atoms with Crippen molar-refractivity contribution >= 4 is 24.0 Å². The Morgan fingerprint density at radius 2 is 2.00 bits per heavy atom. The fourth-order valence-electron chi connectivity index (χ4n) is 4.88. The molecule has 3 heterocycles. The molecule has 0 bridgehead atoms. The maximum Gasteiger partial charge on any atom is 0.290 e. The first kappa shape index (κ1) is 22.8. The monoisotopic (exact) mass is 461 g/mol. The number of likely N-dealkylation sites (tertiary alicyclic amines) is 1. The number of methoxy groups -OCH3 is 1. The van der Waals surface area contributed by atoms with Gasteiger partial charge in [0.2, 0.25) is 5.91 Å². The average molecular weight is 461 g/mol. The van der Waals surface area contributed by atoms with Gasteiger partial charge in [0.05, 0.1) is 13.2 Å². The lowest BCUT2D eigenvalue weighted by atomic mass is 9.73. The van der Waals surface area contributed by atoms with Crippen molar-refractivity contribution in [2.45, 2.75) is 17.9 Å². The predicted octanol–water partition coefficient (Wildman–Crippen LogP) is 2.97. The van der Waals surface area contributed by atoms with Gasteiger partial charge in [0, 0.05) is 30.2 Å². The summed E-state index contributed by atoms with van der Waals surface area (Å²) in [5.41, 5.74) is 1.96. The van der Waals surface area contributed by atoms with Gasteiger partial charge in [-0.2, -0.15) is 0 Å². The molecule has 9 nitrogen and oxygen atoms in total. The van der Waals surface area contributed by atoms with E-state index in [0.29, 0.717) is 18.5 Å². The third-order valence-corrected chi connectivity index (χ3v) is 6.27. The number of rotatable bonds is 3. The van der Waals surface area contributed by atoms with Crippen LogP contribution in [0.15, 0.2) is 67.0 Å². The number of benzene rings is 2. The fraction of sp³-hybridized carbons (Fsp3) is 0.200. The Balaban J connectivity index is 0.000000868. The van der Waals surface area contributed by atoms with Crippen LogP contribution in [0.5, 0.6) is 11.5 Å². The maximum atomic E-state index is 13.6. The molecule has 2 aromatic carbocycles. The third kappa shape index (κ3) is 3.61.